The van der Waals surface area contributed by atoms with Crippen LogP contribution in [-0.2, 0) is 4.74 Å². The van der Waals surface area contributed by atoms with Crippen LogP contribution in [0.15, 0.2) is 23.3 Å². The lowest BCUT2D eigenvalue weighted by atomic mass is 9.59. The molecule has 3 nitrogen and oxygen atoms in total. The number of aliphatic hydroxyl groups is 2. The second kappa shape index (κ2) is 5.24. The molecule has 0 radical (unpaired) electrons. The van der Waals surface area contributed by atoms with E-state index in [-0.39, 0.29) is 17.1 Å². The van der Waals surface area contributed by atoms with Crippen LogP contribution in [0, 0.1) is 29.1 Å². The predicted octanol–water partition coefficient (Wildman–Crippen LogP) is 3.99. The number of hydrogen-bond acceptors (Lipinski definition) is 3. The molecule has 26 heavy (non-hydrogen) atoms. The summed E-state index contributed by atoms with van der Waals surface area (Å²) in [6.07, 6.45) is 9.75. The molecule has 8 atom stereocenters. The van der Waals surface area contributed by atoms with Crippen LogP contribution in [0.4, 0.5) is 0 Å². The third-order valence-electron chi connectivity index (χ3n) is 9.24. The Kier molecular flexibility index (Phi) is 3.52. The molecule has 0 amide bonds. The van der Waals surface area contributed by atoms with Gasteiger partial charge in [-0.05, 0) is 78.8 Å². The highest BCUT2D eigenvalue weighted by Crippen LogP contribution is 2.68. The van der Waals surface area contributed by atoms with E-state index in [0.29, 0.717) is 17.3 Å². The lowest BCUT2D eigenvalue weighted by molar-refractivity contribution is -0.169. The van der Waals surface area contributed by atoms with Crippen molar-refractivity contribution < 1.29 is 14.9 Å². The van der Waals surface area contributed by atoms with E-state index in [4.69, 9.17) is 4.74 Å². The third-order valence-corrected chi connectivity index (χ3v) is 9.24. The van der Waals surface area contributed by atoms with Crippen molar-refractivity contribution in [1.82, 2.24) is 0 Å². The molecular weight excluding hydrogens is 324 g/mol. The Balaban J connectivity index is 1.62. The maximum atomic E-state index is 10.9. The van der Waals surface area contributed by atoms with Gasteiger partial charge in [0.1, 0.15) is 6.10 Å². The van der Waals surface area contributed by atoms with Crippen LogP contribution in [-0.4, -0.2) is 33.6 Å². The van der Waals surface area contributed by atoms with Crippen molar-refractivity contribution in [3.63, 3.8) is 0 Å². The van der Waals surface area contributed by atoms with Crippen molar-refractivity contribution in [3.05, 3.63) is 23.3 Å². The average molecular weight is 359 g/mol. The molecule has 8 unspecified atom stereocenters. The zero-order valence-electron chi connectivity index (χ0n) is 16.7. The highest BCUT2D eigenvalue weighted by Gasteiger charge is 2.67. The Morgan fingerprint density at radius 3 is 2.69 bits per heavy atom. The van der Waals surface area contributed by atoms with Gasteiger partial charge in [0, 0.05) is 0 Å². The van der Waals surface area contributed by atoms with Crippen molar-refractivity contribution in [2.45, 2.75) is 89.6 Å². The lowest BCUT2D eigenvalue weighted by Crippen LogP contribution is -2.58. The number of hydrogen-bond donors (Lipinski definition) is 2. The molecular formula is C23H34O3. The predicted molar refractivity (Wildman–Crippen MR) is 102 cm³/mol. The monoisotopic (exact) mass is 358 g/mol. The van der Waals surface area contributed by atoms with E-state index in [1.54, 1.807) is 0 Å². The summed E-state index contributed by atoms with van der Waals surface area (Å²) in [4.78, 5) is 0. The third kappa shape index (κ3) is 1.90. The van der Waals surface area contributed by atoms with Crippen LogP contribution in [0.25, 0.3) is 0 Å². The van der Waals surface area contributed by atoms with Gasteiger partial charge in [-0.15, -0.1) is 0 Å². The second-order valence-corrected chi connectivity index (χ2v) is 10.5. The summed E-state index contributed by atoms with van der Waals surface area (Å²) in [5.41, 5.74) is 2.09. The molecule has 1 saturated heterocycles. The number of allylic oxidation sites excluding steroid dienone is 1. The smallest absolute Gasteiger partial charge is 0.104 e. The quantitative estimate of drug-likeness (QED) is 0.745. The van der Waals surface area contributed by atoms with E-state index in [9.17, 15) is 10.2 Å². The van der Waals surface area contributed by atoms with Crippen molar-refractivity contribution in [2.24, 2.45) is 29.1 Å². The molecule has 0 aromatic carbocycles. The van der Waals surface area contributed by atoms with Crippen molar-refractivity contribution >= 4 is 0 Å². The molecule has 3 fully saturated rings. The van der Waals surface area contributed by atoms with Gasteiger partial charge in [-0.25, -0.2) is 0 Å². The van der Waals surface area contributed by atoms with Gasteiger partial charge in [-0.2, -0.15) is 0 Å². The standard InChI is InChI=1S/C23H34O3/c1-13(2)16-12-22-9-10-23(26-22)15(11-17(22)20(25)19(16)24)7-8-21(4)14(3)5-6-18(21)23/h7,11,13-14,16,18-20,24-25H,5-6,8-10,12H2,1-4H3. The molecule has 3 aliphatic carbocycles. The van der Waals surface area contributed by atoms with Gasteiger partial charge < -0.3 is 14.9 Å². The normalized spacial score (nSPS) is 55.1. The summed E-state index contributed by atoms with van der Waals surface area (Å²) < 4.78 is 7.10. The average Bonchev–Trinajstić information content (AvgIpc) is 3.07. The maximum absolute atomic E-state index is 10.9. The highest BCUT2D eigenvalue weighted by molar-refractivity contribution is 5.49. The van der Waals surface area contributed by atoms with Gasteiger partial charge in [0.25, 0.3) is 0 Å². The van der Waals surface area contributed by atoms with E-state index in [2.05, 4.69) is 39.8 Å². The first-order chi connectivity index (χ1) is 12.2. The summed E-state index contributed by atoms with van der Waals surface area (Å²) in [6, 6.07) is 0. The first-order valence-corrected chi connectivity index (χ1v) is 10.7. The van der Waals surface area contributed by atoms with Crippen molar-refractivity contribution in [1.29, 1.82) is 0 Å². The number of ether oxygens (including phenoxy) is 1. The molecule has 2 bridgehead atoms. The number of rotatable bonds is 1. The van der Waals surface area contributed by atoms with E-state index in [1.165, 1.54) is 18.4 Å². The van der Waals surface area contributed by atoms with Gasteiger partial charge in [-0.1, -0.05) is 39.8 Å². The zero-order valence-corrected chi connectivity index (χ0v) is 16.7. The second-order valence-electron chi connectivity index (χ2n) is 10.5. The van der Waals surface area contributed by atoms with Gasteiger partial charge in [0.2, 0.25) is 0 Å². The SMILES string of the molecule is CC(C)C1CC23CCC4(O2)C(=CCC2(C)C(C)CCC42)C=C3C(O)C1O. The first-order valence-electron chi connectivity index (χ1n) is 10.7. The molecule has 3 heteroatoms. The lowest BCUT2D eigenvalue weighted by Gasteiger charge is -2.55. The summed E-state index contributed by atoms with van der Waals surface area (Å²) in [5, 5.41) is 21.7. The van der Waals surface area contributed by atoms with Crippen LogP contribution >= 0.6 is 0 Å². The molecule has 5 rings (SSSR count). The Bertz CT molecular complexity index is 694. The van der Waals surface area contributed by atoms with Crippen molar-refractivity contribution in [3.8, 4) is 0 Å². The van der Waals surface area contributed by atoms with Crippen LogP contribution in [0.2, 0.25) is 0 Å². The Labute approximate surface area is 157 Å². The summed E-state index contributed by atoms with van der Waals surface area (Å²) in [5.74, 6) is 1.77. The number of aliphatic hydroxyl groups excluding tert-OH is 2. The molecule has 144 valence electrons. The Hall–Kier alpha value is -0.640. The van der Waals surface area contributed by atoms with E-state index >= 15 is 0 Å². The van der Waals surface area contributed by atoms with Gasteiger partial charge in [-0.3, -0.25) is 0 Å². The fraction of sp³-hybridized carbons (Fsp3) is 0.826. The number of fused-ring (bicyclic) bond motifs is 1. The molecule has 2 heterocycles. The van der Waals surface area contributed by atoms with E-state index in [0.717, 1.165) is 37.2 Å². The van der Waals surface area contributed by atoms with Gasteiger partial charge >= 0.3 is 0 Å². The van der Waals surface area contributed by atoms with Crippen LogP contribution in [0.1, 0.15) is 66.2 Å². The molecule has 2 spiro atoms. The summed E-state index contributed by atoms with van der Waals surface area (Å²) in [7, 11) is 0. The molecule has 0 aromatic heterocycles. The fourth-order valence-electron chi connectivity index (χ4n) is 7.37. The van der Waals surface area contributed by atoms with Crippen LogP contribution < -0.4 is 0 Å². The molecule has 2 aliphatic heterocycles. The topological polar surface area (TPSA) is 49.7 Å². The van der Waals surface area contributed by atoms with Gasteiger partial charge in [0.15, 0.2) is 0 Å². The minimum Gasteiger partial charge on any atom is -0.390 e. The maximum Gasteiger partial charge on any atom is 0.104 e. The largest absolute Gasteiger partial charge is 0.390 e. The van der Waals surface area contributed by atoms with Crippen LogP contribution in [0.5, 0.6) is 0 Å². The van der Waals surface area contributed by atoms with Crippen LogP contribution in [0.3, 0.4) is 0 Å². The Morgan fingerprint density at radius 1 is 1.19 bits per heavy atom. The first kappa shape index (κ1) is 17.5. The summed E-state index contributed by atoms with van der Waals surface area (Å²) in [6.45, 7) is 9.20. The molecule has 5 aliphatic rings. The van der Waals surface area contributed by atoms with Gasteiger partial charge in [0.05, 0.1) is 17.3 Å². The highest BCUT2D eigenvalue weighted by atomic mass is 16.5. The summed E-state index contributed by atoms with van der Waals surface area (Å²) >= 11 is 0. The molecule has 2 N–H and O–H groups in total. The molecule has 0 aromatic rings. The molecule has 2 saturated carbocycles. The fourth-order valence-corrected chi connectivity index (χ4v) is 7.37. The Morgan fingerprint density at radius 2 is 1.96 bits per heavy atom. The van der Waals surface area contributed by atoms with Crippen molar-refractivity contribution in [2.75, 3.05) is 0 Å². The van der Waals surface area contributed by atoms with E-state index < -0.39 is 12.2 Å². The minimum atomic E-state index is -0.788. The van der Waals surface area contributed by atoms with E-state index in [1.807, 2.05) is 0 Å². The minimum absolute atomic E-state index is 0.0975. The zero-order chi connectivity index (χ0) is 18.5.